The molecule has 10 heteroatoms. The van der Waals surface area contributed by atoms with Crippen molar-refractivity contribution in [3.63, 3.8) is 0 Å². The summed E-state index contributed by atoms with van der Waals surface area (Å²) in [6.45, 7) is 0. The lowest BCUT2D eigenvalue weighted by atomic mass is 9.94. The SMILES string of the molecule is COc1ccc(OC)c(C2C(C(=O)c3cccs3)=C(O)C(=O)N2c2nc3ccc(F)cc3s2)c1. The number of aliphatic hydroxyl groups is 1. The number of fused-ring (bicyclic) bond motifs is 1. The molecule has 1 N–H and O–H groups in total. The standard InChI is InChI=1S/C24H17FN2O5S2/c1-31-13-6-8-16(32-2)14(11-13)20-19(21(28)17-4-3-9-33-17)22(29)23(30)27(20)24-26-15-7-5-12(25)10-18(15)34-24/h3-11,20,29H,1-2H3. The molecule has 34 heavy (non-hydrogen) atoms. The molecular weight excluding hydrogens is 479 g/mol. The van der Waals surface area contributed by atoms with Crippen LogP contribution in [-0.4, -0.2) is 36.0 Å². The number of ether oxygens (including phenoxy) is 2. The van der Waals surface area contributed by atoms with E-state index >= 15 is 0 Å². The van der Waals surface area contributed by atoms with Gasteiger partial charge in [-0.1, -0.05) is 17.4 Å². The summed E-state index contributed by atoms with van der Waals surface area (Å²) < 4.78 is 25.2. The number of methoxy groups -OCH3 is 2. The molecule has 0 fully saturated rings. The molecule has 172 valence electrons. The van der Waals surface area contributed by atoms with Gasteiger partial charge in [0.1, 0.15) is 23.4 Å². The van der Waals surface area contributed by atoms with Crippen LogP contribution < -0.4 is 14.4 Å². The van der Waals surface area contributed by atoms with E-state index in [1.165, 1.54) is 48.7 Å². The number of rotatable bonds is 6. The Hall–Kier alpha value is -3.76. The molecule has 0 bridgehead atoms. The maximum Gasteiger partial charge on any atom is 0.296 e. The number of carbonyl (C=O) groups is 2. The molecule has 0 spiro atoms. The average molecular weight is 497 g/mol. The van der Waals surface area contributed by atoms with E-state index in [1.807, 2.05) is 0 Å². The van der Waals surface area contributed by atoms with Crippen LogP contribution in [0, 0.1) is 5.82 Å². The molecule has 2 aromatic heterocycles. The van der Waals surface area contributed by atoms with Crippen molar-refractivity contribution in [3.8, 4) is 11.5 Å². The van der Waals surface area contributed by atoms with Crippen molar-refractivity contribution in [2.45, 2.75) is 6.04 Å². The van der Waals surface area contributed by atoms with Crippen LogP contribution in [0.15, 0.2) is 65.2 Å². The monoisotopic (exact) mass is 496 g/mol. The number of aliphatic hydroxyl groups excluding tert-OH is 1. The highest BCUT2D eigenvalue weighted by Crippen LogP contribution is 2.47. The number of carbonyl (C=O) groups excluding carboxylic acids is 2. The van der Waals surface area contributed by atoms with Gasteiger partial charge in [0.25, 0.3) is 5.91 Å². The third-order valence-corrected chi connectivity index (χ3v) is 7.36. The zero-order valence-electron chi connectivity index (χ0n) is 17.9. The molecule has 3 heterocycles. The molecule has 1 unspecified atom stereocenters. The van der Waals surface area contributed by atoms with Gasteiger partial charge in [-0.25, -0.2) is 9.37 Å². The Balaban J connectivity index is 1.74. The number of hydrogen-bond acceptors (Lipinski definition) is 8. The molecule has 0 saturated heterocycles. The van der Waals surface area contributed by atoms with Gasteiger partial charge < -0.3 is 14.6 Å². The van der Waals surface area contributed by atoms with Gasteiger partial charge in [-0.2, -0.15) is 0 Å². The number of thiazole rings is 1. The van der Waals surface area contributed by atoms with Gasteiger partial charge in [-0.15, -0.1) is 11.3 Å². The summed E-state index contributed by atoms with van der Waals surface area (Å²) in [7, 11) is 2.97. The summed E-state index contributed by atoms with van der Waals surface area (Å²) in [6.07, 6.45) is 0. The molecule has 1 atom stereocenters. The Kier molecular flexibility index (Phi) is 5.54. The number of amides is 1. The Morgan fingerprint density at radius 3 is 2.68 bits per heavy atom. The highest BCUT2D eigenvalue weighted by Gasteiger charge is 2.47. The van der Waals surface area contributed by atoms with E-state index in [1.54, 1.807) is 35.7 Å². The number of aromatic nitrogens is 1. The summed E-state index contributed by atoms with van der Waals surface area (Å²) in [5, 5.41) is 12.9. The molecule has 0 aliphatic carbocycles. The van der Waals surface area contributed by atoms with Crippen molar-refractivity contribution in [2.24, 2.45) is 0 Å². The van der Waals surface area contributed by atoms with E-state index in [0.717, 1.165) is 11.3 Å². The highest BCUT2D eigenvalue weighted by atomic mass is 32.1. The van der Waals surface area contributed by atoms with Gasteiger partial charge in [0, 0.05) is 5.56 Å². The third kappa shape index (κ3) is 3.51. The molecule has 1 aliphatic heterocycles. The fourth-order valence-electron chi connectivity index (χ4n) is 3.91. The Labute approximate surface area is 201 Å². The smallest absolute Gasteiger partial charge is 0.296 e. The first kappa shape index (κ1) is 22.1. The fraction of sp³-hybridized carbons (Fsp3) is 0.125. The third-order valence-electron chi connectivity index (χ3n) is 5.47. The van der Waals surface area contributed by atoms with E-state index in [2.05, 4.69) is 4.98 Å². The normalized spacial score (nSPS) is 15.9. The summed E-state index contributed by atoms with van der Waals surface area (Å²) >= 11 is 2.29. The number of Topliss-reactive ketones (excluding diaryl/α,β-unsaturated/α-hetero) is 1. The van der Waals surface area contributed by atoms with Crippen LogP contribution in [0.4, 0.5) is 9.52 Å². The predicted octanol–water partition coefficient (Wildman–Crippen LogP) is 5.30. The second kappa shape index (κ2) is 8.54. The molecule has 1 aliphatic rings. The minimum atomic E-state index is -1.04. The zero-order valence-corrected chi connectivity index (χ0v) is 19.6. The number of hydrogen-bond donors (Lipinski definition) is 1. The van der Waals surface area contributed by atoms with Gasteiger partial charge in [0.05, 0.1) is 34.9 Å². The number of halogens is 1. The van der Waals surface area contributed by atoms with Crippen LogP contribution in [0.1, 0.15) is 21.3 Å². The summed E-state index contributed by atoms with van der Waals surface area (Å²) in [5.74, 6) is -1.50. The molecule has 0 radical (unpaired) electrons. The van der Waals surface area contributed by atoms with Gasteiger partial charge in [-0.3, -0.25) is 14.5 Å². The van der Waals surface area contributed by atoms with Crippen LogP contribution in [0.3, 0.4) is 0 Å². The molecule has 5 rings (SSSR count). The van der Waals surface area contributed by atoms with Crippen LogP contribution >= 0.6 is 22.7 Å². The maximum atomic E-state index is 13.8. The number of anilines is 1. The Morgan fingerprint density at radius 1 is 1.15 bits per heavy atom. The minimum Gasteiger partial charge on any atom is -0.503 e. The number of thiophene rings is 1. The first-order valence-electron chi connectivity index (χ1n) is 10.1. The lowest BCUT2D eigenvalue weighted by molar-refractivity contribution is -0.117. The average Bonchev–Trinajstić information content (AvgIpc) is 3.57. The lowest BCUT2D eigenvalue weighted by Crippen LogP contribution is -2.31. The van der Waals surface area contributed by atoms with Crippen molar-refractivity contribution < 1.29 is 28.6 Å². The zero-order chi connectivity index (χ0) is 24.0. The summed E-state index contributed by atoms with van der Waals surface area (Å²) in [5.41, 5.74) is 0.831. The van der Waals surface area contributed by atoms with Crippen LogP contribution in [0.5, 0.6) is 11.5 Å². The van der Waals surface area contributed by atoms with Gasteiger partial charge in [0.2, 0.25) is 5.78 Å². The second-order valence-corrected chi connectivity index (χ2v) is 9.32. The van der Waals surface area contributed by atoms with Crippen molar-refractivity contribution in [3.05, 3.63) is 81.5 Å². The highest BCUT2D eigenvalue weighted by molar-refractivity contribution is 7.22. The van der Waals surface area contributed by atoms with Crippen LogP contribution in [0.2, 0.25) is 0 Å². The molecular formula is C24H17FN2O5S2. The maximum absolute atomic E-state index is 13.8. The molecule has 1 amide bonds. The molecule has 0 saturated carbocycles. The van der Waals surface area contributed by atoms with Crippen molar-refractivity contribution in [1.29, 1.82) is 0 Å². The molecule has 2 aromatic carbocycles. The van der Waals surface area contributed by atoms with Gasteiger partial charge in [0.15, 0.2) is 10.9 Å². The number of nitrogens with zero attached hydrogens (tertiary/aromatic N) is 2. The first-order valence-corrected chi connectivity index (χ1v) is 11.8. The quantitative estimate of drug-likeness (QED) is 0.365. The van der Waals surface area contributed by atoms with Crippen LogP contribution in [0.25, 0.3) is 10.2 Å². The molecule has 7 nitrogen and oxygen atoms in total. The van der Waals surface area contributed by atoms with Crippen LogP contribution in [-0.2, 0) is 4.79 Å². The van der Waals surface area contributed by atoms with E-state index < -0.39 is 29.3 Å². The van der Waals surface area contributed by atoms with E-state index in [4.69, 9.17) is 9.47 Å². The molecule has 4 aromatic rings. The van der Waals surface area contributed by atoms with E-state index in [0.29, 0.717) is 32.2 Å². The minimum absolute atomic E-state index is 0.0931. The first-order chi connectivity index (χ1) is 16.4. The Morgan fingerprint density at radius 2 is 1.97 bits per heavy atom. The summed E-state index contributed by atoms with van der Waals surface area (Å²) in [4.78, 5) is 32.9. The van der Waals surface area contributed by atoms with Crippen molar-refractivity contribution in [1.82, 2.24) is 4.98 Å². The second-order valence-electron chi connectivity index (χ2n) is 7.36. The van der Waals surface area contributed by atoms with Gasteiger partial charge >= 0.3 is 0 Å². The van der Waals surface area contributed by atoms with Gasteiger partial charge in [-0.05, 0) is 47.8 Å². The van der Waals surface area contributed by atoms with Crippen molar-refractivity contribution in [2.75, 3.05) is 19.1 Å². The predicted molar refractivity (Wildman–Crippen MR) is 128 cm³/mol. The van der Waals surface area contributed by atoms with Crippen molar-refractivity contribution >= 4 is 49.7 Å². The topological polar surface area (TPSA) is 89.0 Å². The van der Waals surface area contributed by atoms with E-state index in [-0.39, 0.29) is 10.7 Å². The lowest BCUT2D eigenvalue weighted by Gasteiger charge is -2.26. The van der Waals surface area contributed by atoms with E-state index in [9.17, 15) is 19.1 Å². The number of ketones is 1. The largest absolute Gasteiger partial charge is 0.503 e. The Bertz CT molecular complexity index is 1460. The fourth-order valence-corrected chi connectivity index (χ4v) is 5.61. The number of benzene rings is 2. The summed E-state index contributed by atoms with van der Waals surface area (Å²) in [6, 6.07) is 11.4.